The van der Waals surface area contributed by atoms with E-state index in [2.05, 4.69) is 34.5 Å². The van der Waals surface area contributed by atoms with Crippen molar-refractivity contribution in [2.45, 2.75) is 16.1 Å². The molecule has 0 saturated carbocycles. The fourth-order valence-electron chi connectivity index (χ4n) is 5.36. The van der Waals surface area contributed by atoms with Crippen molar-refractivity contribution in [2.24, 2.45) is 0 Å². The highest BCUT2D eigenvalue weighted by Gasteiger charge is 2.47. The summed E-state index contributed by atoms with van der Waals surface area (Å²) in [5, 5.41) is 32.8. The van der Waals surface area contributed by atoms with Gasteiger partial charge in [-0.05, 0) is 46.2 Å². The van der Waals surface area contributed by atoms with E-state index in [9.17, 15) is 19.8 Å². The number of aliphatic hydroxyl groups is 1. The Kier molecular flexibility index (Phi) is 7.03. The van der Waals surface area contributed by atoms with Crippen LogP contribution in [-0.2, 0) is 10.5 Å². The van der Waals surface area contributed by atoms with Gasteiger partial charge in [-0.25, -0.2) is 0 Å². The highest BCUT2D eigenvalue weighted by atomic mass is 32.2. The van der Waals surface area contributed by atoms with Crippen LogP contribution in [0.5, 0.6) is 11.5 Å². The summed E-state index contributed by atoms with van der Waals surface area (Å²) in [4.78, 5) is 28.8. The lowest BCUT2D eigenvalue weighted by Gasteiger charge is -2.23. The molecule has 6 aromatic rings. The molecule has 0 aliphatic carbocycles. The highest BCUT2D eigenvalue weighted by molar-refractivity contribution is 8.00. The number of phenolic OH excluding ortho intramolecular Hbond substituents is 1. The van der Waals surface area contributed by atoms with Crippen LogP contribution in [0.4, 0.5) is 5.13 Å². The Morgan fingerprint density at radius 1 is 0.977 bits per heavy atom. The molecule has 218 valence electrons. The second kappa shape index (κ2) is 11.2. The van der Waals surface area contributed by atoms with E-state index < -0.39 is 23.5 Å². The maximum absolute atomic E-state index is 14.0. The number of thioether (sulfide) groups is 1. The van der Waals surface area contributed by atoms with Crippen LogP contribution in [0.1, 0.15) is 27.7 Å². The lowest BCUT2D eigenvalue weighted by atomic mass is 9.95. The molecule has 44 heavy (non-hydrogen) atoms. The van der Waals surface area contributed by atoms with Gasteiger partial charge in [0.2, 0.25) is 10.9 Å². The maximum Gasteiger partial charge on any atom is 0.296 e. The number of rotatable bonds is 8. The second-order valence-corrected chi connectivity index (χ2v) is 12.2. The van der Waals surface area contributed by atoms with Gasteiger partial charge < -0.3 is 19.4 Å². The molecule has 0 fully saturated rings. The quantitative estimate of drug-likeness (QED) is 0.103. The number of methoxy groups -OCH3 is 1. The number of hydrogen-bond donors (Lipinski definition) is 2. The summed E-state index contributed by atoms with van der Waals surface area (Å²) in [6.07, 6.45) is 0. The van der Waals surface area contributed by atoms with E-state index in [0.29, 0.717) is 32.4 Å². The van der Waals surface area contributed by atoms with E-state index in [1.165, 1.54) is 47.2 Å². The highest BCUT2D eigenvalue weighted by Crippen LogP contribution is 2.45. The van der Waals surface area contributed by atoms with Gasteiger partial charge in [-0.15, -0.1) is 10.2 Å². The van der Waals surface area contributed by atoms with Crippen LogP contribution < -0.4 is 9.64 Å². The molecule has 4 aromatic carbocycles. The van der Waals surface area contributed by atoms with Gasteiger partial charge in [0.05, 0.1) is 18.7 Å². The molecule has 0 radical (unpaired) electrons. The smallest absolute Gasteiger partial charge is 0.296 e. The normalized spacial score (nSPS) is 15.1. The predicted molar refractivity (Wildman–Crippen MR) is 169 cm³/mol. The SMILES string of the molecule is COc1cccc2cc(C(=O)C3=C(O)C(=O)N(c4nnc(SCc5cccc6ccccc56)s4)C3c3ccc(O)cc3)oc12. The Balaban J connectivity index is 1.23. The number of aromatic nitrogens is 2. The second-order valence-electron chi connectivity index (χ2n) is 10.0. The fraction of sp³-hybridized carbons (Fsp3) is 0.0909. The first kappa shape index (κ1) is 27.7. The van der Waals surface area contributed by atoms with E-state index in [1.54, 1.807) is 36.4 Å². The Bertz CT molecular complexity index is 2090. The molecule has 9 nitrogen and oxygen atoms in total. The average molecular weight is 622 g/mol. The number of anilines is 1. The summed E-state index contributed by atoms with van der Waals surface area (Å²) in [6.45, 7) is 0. The Hall–Kier alpha value is -5.13. The number of benzene rings is 4. The molecule has 7 rings (SSSR count). The molecular weight excluding hydrogens is 599 g/mol. The summed E-state index contributed by atoms with van der Waals surface area (Å²) >= 11 is 2.67. The fourth-order valence-corrected chi connectivity index (χ4v) is 7.24. The van der Waals surface area contributed by atoms with Gasteiger partial charge in [0.1, 0.15) is 5.75 Å². The summed E-state index contributed by atoms with van der Waals surface area (Å²) < 4.78 is 11.9. The average Bonchev–Trinajstić information content (AvgIpc) is 3.76. The predicted octanol–water partition coefficient (Wildman–Crippen LogP) is 7.23. The molecule has 2 N–H and O–H groups in total. The zero-order valence-electron chi connectivity index (χ0n) is 23.1. The molecule has 1 unspecified atom stereocenters. The van der Waals surface area contributed by atoms with Crippen molar-refractivity contribution in [1.29, 1.82) is 0 Å². The van der Waals surface area contributed by atoms with Crippen LogP contribution in [0.2, 0.25) is 0 Å². The molecule has 1 amide bonds. The lowest BCUT2D eigenvalue weighted by Crippen LogP contribution is -2.31. The van der Waals surface area contributed by atoms with Gasteiger partial charge in [0.15, 0.2) is 27.2 Å². The van der Waals surface area contributed by atoms with Crippen LogP contribution in [0.15, 0.2) is 111 Å². The molecule has 0 bridgehead atoms. The number of ether oxygens (including phenoxy) is 1. The molecule has 11 heteroatoms. The van der Waals surface area contributed by atoms with Crippen LogP contribution in [0, 0.1) is 0 Å². The van der Waals surface area contributed by atoms with Crippen molar-refractivity contribution in [1.82, 2.24) is 10.2 Å². The number of hydrogen-bond acceptors (Lipinski definition) is 10. The molecule has 0 saturated heterocycles. The molecule has 2 aromatic heterocycles. The zero-order valence-corrected chi connectivity index (χ0v) is 24.8. The monoisotopic (exact) mass is 621 g/mol. The maximum atomic E-state index is 14.0. The van der Waals surface area contributed by atoms with E-state index in [1.807, 2.05) is 18.2 Å². The number of phenols is 1. The Morgan fingerprint density at radius 3 is 2.55 bits per heavy atom. The number of nitrogens with zero attached hydrogens (tertiary/aromatic N) is 3. The first-order chi connectivity index (χ1) is 21.4. The number of furan rings is 1. The first-order valence-corrected chi connectivity index (χ1v) is 15.3. The van der Waals surface area contributed by atoms with E-state index in [-0.39, 0.29) is 22.2 Å². The molecular formula is C33H23N3O6S2. The van der Waals surface area contributed by atoms with E-state index >= 15 is 0 Å². The molecule has 3 heterocycles. The largest absolute Gasteiger partial charge is 0.508 e. The number of carbonyl (C=O) groups is 2. The summed E-state index contributed by atoms with van der Waals surface area (Å²) in [7, 11) is 1.50. The van der Waals surface area contributed by atoms with Crippen molar-refractivity contribution in [3.05, 3.63) is 119 Å². The minimum atomic E-state index is -1.05. The topological polar surface area (TPSA) is 126 Å². The van der Waals surface area contributed by atoms with Crippen molar-refractivity contribution in [3.63, 3.8) is 0 Å². The third kappa shape index (κ3) is 4.76. The number of Topliss-reactive ketones (excluding diaryl/α,β-unsaturated/α-hetero) is 1. The van der Waals surface area contributed by atoms with Crippen molar-refractivity contribution in [3.8, 4) is 11.5 Å². The third-order valence-corrected chi connectivity index (χ3v) is 9.55. The van der Waals surface area contributed by atoms with Gasteiger partial charge in [-0.3, -0.25) is 14.5 Å². The third-order valence-electron chi connectivity index (χ3n) is 7.45. The van der Waals surface area contributed by atoms with Gasteiger partial charge >= 0.3 is 0 Å². The lowest BCUT2D eigenvalue weighted by molar-refractivity contribution is -0.117. The first-order valence-electron chi connectivity index (χ1n) is 13.5. The Labute approximate surface area is 259 Å². The van der Waals surface area contributed by atoms with Gasteiger partial charge in [-0.1, -0.05) is 89.8 Å². The van der Waals surface area contributed by atoms with Crippen molar-refractivity contribution < 1.29 is 29.0 Å². The minimum Gasteiger partial charge on any atom is -0.508 e. The van der Waals surface area contributed by atoms with Crippen molar-refractivity contribution in [2.75, 3.05) is 12.0 Å². The number of fused-ring (bicyclic) bond motifs is 2. The van der Waals surface area contributed by atoms with E-state index in [4.69, 9.17) is 9.15 Å². The molecule has 0 spiro atoms. The number of aromatic hydroxyl groups is 1. The number of amides is 1. The van der Waals surface area contributed by atoms with Crippen LogP contribution >= 0.6 is 23.1 Å². The minimum absolute atomic E-state index is 0.0121. The molecule has 1 aliphatic heterocycles. The molecule has 1 atom stereocenters. The van der Waals surface area contributed by atoms with Crippen molar-refractivity contribution >= 4 is 61.7 Å². The standard InChI is InChI=1S/C33H23N3O6S2/c1-41-24-11-5-8-20-16-25(42-30(20)24)28(38)26-27(19-12-14-22(37)15-13-19)36(31(40)29(26)39)32-34-35-33(44-32)43-17-21-9-4-7-18-6-2-3-10-23(18)21/h2-16,27,37,39H,17H2,1H3. The Morgan fingerprint density at radius 2 is 1.73 bits per heavy atom. The summed E-state index contributed by atoms with van der Waals surface area (Å²) in [5.74, 6) is -1.13. The number of carbonyl (C=O) groups excluding carboxylic acids is 2. The van der Waals surface area contributed by atoms with Crippen LogP contribution in [-0.4, -0.2) is 39.2 Å². The van der Waals surface area contributed by atoms with E-state index in [0.717, 1.165) is 16.3 Å². The van der Waals surface area contributed by atoms with Gasteiger partial charge in [0, 0.05) is 11.1 Å². The van der Waals surface area contributed by atoms with Gasteiger partial charge in [-0.2, -0.15) is 0 Å². The number of para-hydroxylation sites is 1. The number of ketones is 1. The van der Waals surface area contributed by atoms with Crippen LogP contribution in [0.3, 0.4) is 0 Å². The molecule has 1 aliphatic rings. The summed E-state index contributed by atoms with van der Waals surface area (Å²) in [6, 6.07) is 26.1. The van der Waals surface area contributed by atoms with Crippen LogP contribution in [0.25, 0.3) is 21.7 Å². The number of aliphatic hydroxyl groups excluding tert-OH is 1. The summed E-state index contributed by atoms with van der Waals surface area (Å²) in [5.41, 5.74) is 1.83. The zero-order chi connectivity index (χ0) is 30.4. The van der Waals surface area contributed by atoms with Gasteiger partial charge in [0.25, 0.3) is 5.91 Å².